The lowest BCUT2D eigenvalue weighted by atomic mass is 9.96. The fourth-order valence-electron chi connectivity index (χ4n) is 2.56. The minimum absolute atomic E-state index is 0.0360. The van der Waals surface area contributed by atoms with E-state index in [1.165, 1.54) is 16.7 Å². The first-order chi connectivity index (χ1) is 13.2. The summed E-state index contributed by atoms with van der Waals surface area (Å²) in [5.41, 5.74) is 4.29. The molecule has 4 heteroatoms. The van der Waals surface area contributed by atoms with Crippen molar-refractivity contribution in [3.8, 4) is 0 Å². The first kappa shape index (κ1) is 26.7. The summed E-state index contributed by atoms with van der Waals surface area (Å²) in [5.74, 6) is 1.29. The minimum Gasteiger partial charge on any atom is -0.353 e. The Hall–Kier alpha value is -1.29. The molecular formula is C24H41NO2S. The van der Waals surface area contributed by atoms with Crippen molar-refractivity contribution in [2.45, 2.75) is 80.2 Å². The van der Waals surface area contributed by atoms with Crippen molar-refractivity contribution in [2.75, 3.05) is 11.5 Å². The van der Waals surface area contributed by atoms with Crippen LogP contribution in [0.3, 0.4) is 0 Å². The van der Waals surface area contributed by atoms with Crippen molar-refractivity contribution in [1.82, 2.24) is 5.32 Å². The quantitative estimate of drug-likeness (QED) is 0.214. The second kappa shape index (κ2) is 15.6. The van der Waals surface area contributed by atoms with Crippen molar-refractivity contribution >= 4 is 24.0 Å². The van der Waals surface area contributed by atoms with Crippen molar-refractivity contribution in [3.05, 3.63) is 34.9 Å². The maximum atomic E-state index is 12.1. The van der Waals surface area contributed by atoms with Crippen molar-refractivity contribution in [1.29, 1.82) is 0 Å². The van der Waals surface area contributed by atoms with E-state index in [1.807, 2.05) is 18.7 Å². The predicted octanol–water partition coefficient (Wildman–Crippen LogP) is 6.11. The van der Waals surface area contributed by atoms with Gasteiger partial charge in [-0.2, -0.15) is 11.8 Å². The summed E-state index contributed by atoms with van der Waals surface area (Å²) in [5, 5.41) is 3.00. The summed E-state index contributed by atoms with van der Waals surface area (Å²) in [6.45, 7) is 14.3. The average Bonchev–Trinajstić information content (AvgIpc) is 2.63. The molecular weight excluding hydrogens is 366 g/mol. The zero-order valence-corrected chi connectivity index (χ0v) is 19.8. The molecule has 0 aliphatic rings. The minimum atomic E-state index is -0.273. The number of nitrogens with one attached hydrogen (secondary N) is 1. The number of hydrogen-bond acceptors (Lipinski definition) is 3. The Labute approximate surface area is 177 Å². The van der Waals surface area contributed by atoms with E-state index in [9.17, 15) is 9.59 Å². The third-order valence-electron chi connectivity index (χ3n) is 4.85. The standard InChI is InChI=1S/C24H41NO2S/c1-18(2)10-8-11-19(3)12-9-13-20(4)14-15-28-17-22(6)25-24(27)23(7)21(5)16-26/h10,12,14,16,21-23H,8-9,11,13,15,17H2,1-7H3,(H,25,27)/b19-12+,20-14+. The topological polar surface area (TPSA) is 46.2 Å². The van der Waals surface area contributed by atoms with E-state index in [-0.39, 0.29) is 23.8 Å². The third-order valence-corrected chi connectivity index (χ3v) is 5.98. The summed E-state index contributed by atoms with van der Waals surface area (Å²) >= 11 is 1.83. The number of thioether (sulfide) groups is 1. The van der Waals surface area contributed by atoms with E-state index in [2.05, 4.69) is 51.2 Å². The SMILES string of the molecule is CC(C)=CCC/C(C)=C/CC/C(C)=C/CSCC(C)NC(=O)C(C)C(C)C=O. The first-order valence-corrected chi connectivity index (χ1v) is 11.6. The van der Waals surface area contributed by atoms with Gasteiger partial charge in [0.15, 0.2) is 0 Å². The van der Waals surface area contributed by atoms with Crippen molar-refractivity contribution in [2.24, 2.45) is 11.8 Å². The van der Waals surface area contributed by atoms with Gasteiger partial charge in [-0.25, -0.2) is 0 Å². The maximum Gasteiger partial charge on any atom is 0.223 e. The molecule has 1 N–H and O–H groups in total. The lowest BCUT2D eigenvalue weighted by Crippen LogP contribution is -2.39. The van der Waals surface area contributed by atoms with Crippen LogP contribution in [0.25, 0.3) is 0 Å². The number of rotatable bonds is 14. The number of amides is 1. The van der Waals surface area contributed by atoms with Crippen LogP contribution in [-0.4, -0.2) is 29.7 Å². The molecule has 160 valence electrons. The molecule has 0 spiro atoms. The van der Waals surface area contributed by atoms with Crippen LogP contribution in [0, 0.1) is 11.8 Å². The summed E-state index contributed by atoms with van der Waals surface area (Å²) < 4.78 is 0. The van der Waals surface area contributed by atoms with Gasteiger partial charge in [0, 0.05) is 29.4 Å². The molecule has 0 aromatic carbocycles. The maximum absolute atomic E-state index is 12.1. The highest BCUT2D eigenvalue weighted by atomic mass is 32.2. The summed E-state index contributed by atoms with van der Waals surface area (Å²) in [4.78, 5) is 22.9. The number of allylic oxidation sites excluding steroid dienone is 5. The molecule has 0 saturated heterocycles. The Morgan fingerprint density at radius 3 is 2.07 bits per heavy atom. The van der Waals surface area contributed by atoms with E-state index >= 15 is 0 Å². The van der Waals surface area contributed by atoms with E-state index in [0.717, 1.165) is 43.5 Å². The van der Waals surface area contributed by atoms with Gasteiger partial charge in [-0.15, -0.1) is 0 Å². The van der Waals surface area contributed by atoms with Gasteiger partial charge < -0.3 is 10.1 Å². The summed E-state index contributed by atoms with van der Waals surface area (Å²) in [6, 6.07) is 0.110. The molecule has 3 nitrogen and oxygen atoms in total. The van der Waals surface area contributed by atoms with Crippen LogP contribution in [0.15, 0.2) is 34.9 Å². The molecule has 0 saturated carbocycles. The smallest absolute Gasteiger partial charge is 0.223 e. The molecule has 0 rings (SSSR count). The Morgan fingerprint density at radius 1 is 0.929 bits per heavy atom. The third kappa shape index (κ3) is 13.8. The van der Waals surface area contributed by atoms with Crippen molar-refractivity contribution < 1.29 is 9.59 Å². The summed E-state index contributed by atoms with van der Waals surface area (Å²) in [6.07, 6.45) is 12.3. The van der Waals surface area contributed by atoms with Gasteiger partial charge in [-0.05, 0) is 60.3 Å². The molecule has 28 heavy (non-hydrogen) atoms. The Kier molecular flexibility index (Phi) is 14.9. The van der Waals surface area contributed by atoms with Crippen LogP contribution in [0.1, 0.15) is 74.1 Å². The molecule has 3 unspecified atom stereocenters. The largest absolute Gasteiger partial charge is 0.353 e. The molecule has 0 heterocycles. The molecule has 0 radical (unpaired) electrons. The highest BCUT2D eigenvalue weighted by molar-refractivity contribution is 7.99. The number of hydrogen-bond donors (Lipinski definition) is 1. The van der Waals surface area contributed by atoms with E-state index in [0.29, 0.717) is 0 Å². The van der Waals surface area contributed by atoms with Crippen LogP contribution in [-0.2, 0) is 9.59 Å². The highest BCUT2D eigenvalue weighted by Crippen LogP contribution is 2.13. The normalized spacial score (nSPS) is 15.5. The fourth-order valence-corrected chi connectivity index (χ4v) is 3.53. The van der Waals surface area contributed by atoms with Crippen LogP contribution >= 0.6 is 11.8 Å². The Morgan fingerprint density at radius 2 is 1.50 bits per heavy atom. The molecule has 1 amide bonds. The monoisotopic (exact) mass is 407 g/mol. The molecule has 0 bridgehead atoms. The van der Waals surface area contributed by atoms with Crippen LogP contribution < -0.4 is 5.32 Å². The van der Waals surface area contributed by atoms with Gasteiger partial charge in [0.25, 0.3) is 0 Å². The van der Waals surface area contributed by atoms with Gasteiger partial charge in [-0.1, -0.05) is 48.8 Å². The summed E-state index contributed by atoms with van der Waals surface area (Å²) in [7, 11) is 0. The Balaban J connectivity index is 4.04. The molecule has 0 aliphatic carbocycles. The number of carbonyl (C=O) groups is 2. The van der Waals surface area contributed by atoms with E-state index in [4.69, 9.17) is 0 Å². The zero-order valence-electron chi connectivity index (χ0n) is 19.0. The number of aldehydes is 1. The van der Waals surface area contributed by atoms with Gasteiger partial charge >= 0.3 is 0 Å². The van der Waals surface area contributed by atoms with Gasteiger partial charge in [0.1, 0.15) is 6.29 Å². The lowest BCUT2D eigenvalue weighted by molar-refractivity contribution is -0.128. The van der Waals surface area contributed by atoms with Crippen LogP contribution in [0.5, 0.6) is 0 Å². The van der Waals surface area contributed by atoms with Gasteiger partial charge in [0.05, 0.1) is 0 Å². The van der Waals surface area contributed by atoms with Gasteiger partial charge in [0.2, 0.25) is 5.91 Å². The second-order valence-corrected chi connectivity index (χ2v) is 9.27. The fraction of sp³-hybridized carbons (Fsp3) is 0.667. The second-order valence-electron chi connectivity index (χ2n) is 8.19. The van der Waals surface area contributed by atoms with E-state index < -0.39 is 0 Å². The predicted molar refractivity (Wildman–Crippen MR) is 125 cm³/mol. The molecule has 0 aromatic heterocycles. The van der Waals surface area contributed by atoms with Crippen LogP contribution in [0.4, 0.5) is 0 Å². The molecule has 3 atom stereocenters. The number of carbonyl (C=O) groups excluding carboxylic acids is 2. The molecule has 0 fully saturated rings. The highest BCUT2D eigenvalue weighted by Gasteiger charge is 2.20. The van der Waals surface area contributed by atoms with Gasteiger partial charge in [-0.3, -0.25) is 4.79 Å². The average molecular weight is 408 g/mol. The van der Waals surface area contributed by atoms with Crippen molar-refractivity contribution in [3.63, 3.8) is 0 Å². The van der Waals surface area contributed by atoms with Crippen LogP contribution in [0.2, 0.25) is 0 Å². The first-order valence-electron chi connectivity index (χ1n) is 10.4. The van der Waals surface area contributed by atoms with E-state index in [1.54, 1.807) is 13.8 Å². The molecule has 0 aliphatic heterocycles. The lowest BCUT2D eigenvalue weighted by Gasteiger charge is -2.18. The Bertz CT molecular complexity index is 559. The molecule has 0 aromatic rings. The zero-order chi connectivity index (χ0) is 21.5.